The monoisotopic (exact) mass is 330 g/mol. The van der Waals surface area contributed by atoms with Gasteiger partial charge in [-0.25, -0.2) is 4.79 Å². The molecule has 1 aromatic carbocycles. The number of hydrogen-bond donors (Lipinski definition) is 0. The number of rotatable bonds is 2. The quantitative estimate of drug-likeness (QED) is 0.727. The molecule has 3 nitrogen and oxygen atoms in total. The van der Waals surface area contributed by atoms with Crippen molar-refractivity contribution in [2.45, 2.75) is 32.7 Å². The molecule has 0 radical (unpaired) electrons. The molecule has 0 saturated carbocycles. The van der Waals surface area contributed by atoms with Crippen molar-refractivity contribution in [2.75, 3.05) is 0 Å². The van der Waals surface area contributed by atoms with Gasteiger partial charge in [0, 0.05) is 12.1 Å². The normalized spacial score (nSPS) is 12.2. The van der Waals surface area contributed by atoms with Crippen LogP contribution in [-0.4, -0.2) is 17.9 Å². The van der Waals surface area contributed by atoms with E-state index >= 15 is 0 Å². The maximum atomic E-state index is 12.1. The predicted molar refractivity (Wildman–Crippen MR) is 68.3 cm³/mol. The summed E-state index contributed by atoms with van der Waals surface area (Å²) in [7, 11) is 0. The summed E-state index contributed by atoms with van der Waals surface area (Å²) >= 11 is 11.5. The molecule has 8 heteroatoms. The van der Waals surface area contributed by atoms with Crippen LogP contribution in [0.2, 0.25) is 10.0 Å². The molecule has 1 rings (SSSR count). The third-order valence-electron chi connectivity index (χ3n) is 1.85. The Morgan fingerprint density at radius 3 is 1.90 bits per heavy atom. The summed E-state index contributed by atoms with van der Waals surface area (Å²) in [4.78, 5) is 11.8. The smallest absolute Gasteiger partial charge is 0.456 e. The van der Waals surface area contributed by atoms with E-state index in [4.69, 9.17) is 27.9 Å². The lowest BCUT2D eigenvalue weighted by Gasteiger charge is -2.20. The molecule has 1 aromatic rings. The summed E-state index contributed by atoms with van der Waals surface area (Å²) in [5, 5.41) is -0.572. The third-order valence-corrected chi connectivity index (χ3v) is 2.45. The van der Waals surface area contributed by atoms with Crippen LogP contribution in [0.5, 0.6) is 5.75 Å². The number of esters is 1. The van der Waals surface area contributed by atoms with E-state index in [9.17, 15) is 18.0 Å². The zero-order valence-electron chi connectivity index (χ0n) is 10.8. The first kappa shape index (κ1) is 16.9. The molecule has 0 amide bonds. The molecule has 0 aromatic heterocycles. The highest BCUT2D eigenvalue weighted by Crippen LogP contribution is 2.34. The molecule has 112 valence electrons. The van der Waals surface area contributed by atoms with Gasteiger partial charge in [-0.2, -0.15) is 0 Å². The number of benzene rings is 1. The fourth-order valence-corrected chi connectivity index (χ4v) is 1.89. The van der Waals surface area contributed by atoms with E-state index in [0.29, 0.717) is 0 Å². The molecule has 0 aliphatic rings. The Labute approximate surface area is 123 Å². The van der Waals surface area contributed by atoms with Crippen molar-refractivity contribution < 1.29 is 27.4 Å². The molecule has 0 fully saturated rings. The first-order chi connectivity index (χ1) is 8.89. The van der Waals surface area contributed by atoms with Gasteiger partial charge in [-0.05, 0) is 20.8 Å². The van der Waals surface area contributed by atoms with E-state index in [0.717, 1.165) is 12.1 Å². The number of halogens is 5. The molecule has 0 N–H and O–H groups in total. The average molecular weight is 331 g/mol. The fraction of sp³-hybridized carbons (Fsp3) is 0.417. The van der Waals surface area contributed by atoms with Crippen LogP contribution in [0.25, 0.3) is 0 Å². The van der Waals surface area contributed by atoms with Crippen molar-refractivity contribution in [1.29, 1.82) is 0 Å². The predicted octanol–water partition coefficient (Wildman–Crippen LogP) is 4.85. The molecule has 0 aliphatic heterocycles. The molecular formula is C12H11Cl2F3O3. The molecule has 0 spiro atoms. The Bertz CT molecular complexity index is 499. The second-order valence-electron chi connectivity index (χ2n) is 4.81. The van der Waals surface area contributed by atoms with E-state index in [-0.39, 0.29) is 15.6 Å². The van der Waals surface area contributed by atoms with Crippen LogP contribution in [0.1, 0.15) is 31.1 Å². The lowest BCUT2D eigenvalue weighted by molar-refractivity contribution is -0.274. The number of carbonyl (C=O) groups excluding carboxylic acids is 1. The first-order valence-corrected chi connectivity index (χ1v) is 6.13. The molecule has 0 unspecified atom stereocenters. The van der Waals surface area contributed by atoms with Gasteiger partial charge >= 0.3 is 12.3 Å². The van der Waals surface area contributed by atoms with E-state index in [1.807, 2.05) is 0 Å². The van der Waals surface area contributed by atoms with Crippen LogP contribution in [0.15, 0.2) is 12.1 Å². The lowest BCUT2D eigenvalue weighted by atomic mass is 10.1. The van der Waals surface area contributed by atoms with Crippen LogP contribution < -0.4 is 4.74 Å². The Hall–Kier alpha value is -1.14. The highest BCUT2D eigenvalue weighted by Gasteiger charge is 2.32. The van der Waals surface area contributed by atoms with Gasteiger partial charge in [0.15, 0.2) is 0 Å². The number of alkyl halides is 3. The lowest BCUT2D eigenvalue weighted by Crippen LogP contribution is -2.24. The molecule has 0 heterocycles. The number of carbonyl (C=O) groups is 1. The van der Waals surface area contributed by atoms with E-state index in [1.165, 1.54) is 0 Å². The van der Waals surface area contributed by atoms with Gasteiger partial charge in [-0.15, -0.1) is 13.2 Å². The zero-order valence-corrected chi connectivity index (χ0v) is 12.3. The standard InChI is InChI=1S/C12H11Cl2F3O3/c1-11(2,3)20-10(18)9-7(13)4-6(5-8(9)14)19-12(15,16)17/h4-5H,1-3H3. The second-order valence-corrected chi connectivity index (χ2v) is 5.63. The highest BCUT2D eigenvalue weighted by molar-refractivity contribution is 6.39. The summed E-state index contributed by atoms with van der Waals surface area (Å²) < 4.78 is 45.0. The van der Waals surface area contributed by atoms with Crippen molar-refractivity contribution in [3.8, 4) is 5.75 Å². The van der Waals surface area contributed by atoms with Gasteiger partial charge < -0.3 is 9.47 Å². The Kier molecular flexibility index (Phi) is 4.82. The van der Waals surface area contributed by atoms with Crippen LogP contribution in [0.4, 0.5) is 13.2 Å². The number of hydrogen-bond acceptors (Lipinski definition) is 3. The minimum absolute atomic E-state index is 0.210. The van der Waals surface area contributed by atoms with E-state index in [1.54, 1.807) is 20.8 Å². The van der Waals surface area contributed by atoms with Gasteiger partial charge in [-0.1, -0.05) is 23.2 Å². The van der Waals surface area contributed by atoms with Gasteiger partial charge in [-0.3, -0.25) is 0 Å². The maximum absolute atomic E-state index is 12.1. The van der Waals surface area contributed by atoms with Gasteiger partial charge in [0.25, 0.3) is 0 Å². The third kappa shape index (κ3) is 5.09. The van der Waals surface area contributed by atoms with Crippen molar-refractivity contribution in [2.24, 2.45) is 0 Å². The first-order valence-electron chi connectivity index (χ1n) is 5.37. The minimum atomic E-state index is -4.87. The second kappa shape index (κ2) is 5.69. The average Bonchev–Trinajstić information content (AvgIpc) is 2.08. The van der Waals surface area contributed by atoms with Crippen LogP contribution in [-0.2, 0) is 4.74 Å². The van der Waals surface area contributed by atoms with Crippen LogP contribution >= 0.6 is 23.2 Å². The largest absolute Gasteiger partial charge is 0.573 e. The van der Waals surface area contributed by atoms with Crippen molar-refractivity contribution in [3.63, 3.8) is 0 Å². The Morgan fingerprint density at radius 2 is 1.55 bits per heavy atom. The fourth-order valence-electron chi connectivity index (χ4n) is 1.27. The Balaban J connectivity index is 3.10. The summed E-state index contributed by atoms with van der Waals surface area (Å²) in [6, 6.07) is 1.69. The molecule has 0 aliphatic carbocycles. The highest BCUT2D eigenvalue weighted by atomic mass is 35.5. The molecule has 0 atom stereocenters. The minimum Gasteiger partial charge on any atom is -0.456 e. The molecule has 0 bridgehead atoms. The maximum Gasteiger partial charge on any atom is 0.573 e. The molecular weight excluding hydrogens is 320 g/mol. The molecule has 0 saturated heterocycles. The van der Waals surface area contributed by atoms with Gasteiger partial charge in [0.1, 0.15) is 11.4 Å². The topological polar surface area (TPSA) is 35.5 Å². The number of ether oxygens (including phenoxy) is 2. The van der Waals surface area contributed by atoms with Gasteiger partial charge in [0.2, 0.25) is 0 Å². The summed E-state index contributed by atoms with van der Waals surface area (Å²) in [5.41, 5.74) is -0.997. The zero-order chi connectivity index (χ0) is 15.7. The molecule has 20 heavy (non-hydrogen) atoms. The van der Waals surface area contributed by atoms with Crippen molar-refractivity contribution >= 4 is 29.2 Å². The SMILES string of the molecule is CC(C)(C)OC(=O)c1c(Cl)cc(OC(F)(F)F)cc1Cl. The summed E-state index contributed by atoms with van der Waals surface area (Å²) in [5.74, 6) is -1.44. The summed E-state index contributed by atoms with van der Waals surface area (Å²) in [6.45, 7) is 4.90. The Morgan fingerprint density at radius 1 is 1.10 bits per heavy atom. The van der Waals surface area contributed by atoms with Crippen LogP contribution in [0.3, 0.4) is 0 Å². The van der Waals surface area contributed by atoms with Crippen molar-refractivity contribution in [3.05, 3.63) is 27.7 Å². The summed E-state index contributed by atoms with van der Waals surface area (Å²) in [6.07, 6.45) is -4.87. The van der Waals surface area contributed by atoms with Gasteiger partial charge in [0.05, 0.1) is 15.6 Å². The van der Waals surface area contributed by atoms with E-state index < -0.39 is 23.7 Å². The van der Waals surface area contributed by atoms with E-state index in [2.05, 4.69) is 4.74 Å². The van der Waals surface area contributed by atoms with Crippen LogP contribution in [0, 0.1) is 0 Å². The van der Waals surface area contributed by atoms with Crippen molar-refractivity contribution in [1.82, 2.24) is 0 Å².